The molecule has 10 heavy (non-hydrogen) atoms. The zero-order valence-corrected chi connectivity index (χ0v) is 5.77. The van der Waals surface area contributed by atoms with Gasteiger partial charge in [-0.3, -0.25) is 0 Å². The fourth-order valence-corrected chi connectivity index (χ4v) is 1.41. The number of hydrogen-bond donors (Lipinski definition) is 0. The van der Waals surface area contributed by atoms with Crippen LogP contribution in [0, 0.1) is 6.07 Å². The Morgan fingerprint density at radius 2 is 2.50 bits per heavy atom. The predicted octanol–water partition coefficient (Wildman–Crippen LogP) is 1.65. The van der Waals surface area contributed by atoms with Crippen LogP contribution in [0.1, 0.15) is 0 Å². The Labute approximate surface area is 60.7 Å². The molecule has 1 aromatic heterocycles. The Morgan fingerprint density at radius 3 is 3.30 bits per heavy atom. The molecule has 0 aliphatic rings. The topological polar surface area (TPSA) is 30.2 Å². The van der Waals surface area contributed by atoms with Crippen LogP contribution in [0.5, 0.6) is 0 Å². The van der Waals surface area contributed by atoms with Gasteiger partial charge in [0.25, 0.3) is 0 Å². The van der Waals surface area contributed by atoms with Crippen LogP contribution >= 0.6 is 11.3 Å². The van der Waals surface area contributed by atoms with Crippen molar-refractivity contribution in [3.63, 3.8) is 0 Å². The summed E-state index contributed by atoms with van der Waals surface area (Å²) in [6, 6.07) is 8.05. The molecule has 0 saturated carbocycles. The third kappa shape index (κ3) is 0.752. The van der Waals surface area contributed by atoms with Gasteiger partial charge >= 0.3 is 4.94 Å². The maximum atomic E-state index is 10.6. The number of hydrogen-bond acceptors (Lipinski definition) is 3. The molecule has 1 radical (unpaired) electrons. The van der Waals surface area contributed by atoms with Crippen molar-refractivity contribution in [2.45, 2.75) is 0 Å². The Morgan fingerprint density at radius 1 is 1.60 bits per heavy atom. The van der Waals surface area contributed by atoms with Crippen molar-refractivity contribution in [1.29, 1.82) is 0 Å². The van der Waals surface area contributed by atoms with Gasteiger partial charge < -0.3 is 4.42 Å². The van der Waals surface area contributed by atoms with Crippen LogP contribution in [0.3, 0.4) is 0 Å². The fraction of sp³-hybridized carbons (Fsp3) is 0. The van der Waals surface area contributed by atoms with Gasteiger partial charge in [-0.15, -0.1) is 0 Å². The van der Waals surface area contributed by atoms with Gasteiger partial charge in [0.15, 0.2) is 0 Å². The van der Waals surface area contributed by atoms with Gasteiger partial charge in [0.2, 0.25) is 0 Å². The maximum Gasteiger partial charge on any atom is 0.396 e. The van der Waals surface area contributed by atoms with Gasteiger partial charge in [-0.2, -0.15) is 0 Å². The van der Waals surface area contributed by atoms with E-state index in [1.54, 1.807) is 12.1 Å². The largest absolute Gasteiger partial charge is 0.414 e. The van der Waals surface area contributed by atoms with Crippen LogP contribution in [0.15, 0.2) is 27.4 Å². The molecule has 0 bridgehead atoms. The molecule has 0 saturated heterocycles. The van der Waals surface area contributed by atoms with E-state index in [0.29, 0.717) is 5.58 Å². The van der Waals surface area contributed by atoms with Crippen LogP contribution in [0.4, 0.5) is 0 Å². The SMILES string of the molecule is O=c1oc2c[c]ccc2s1. The molecule has 1 aromatic carbocycles. The number of rotatable bonds is 0. The monoisotopic (exact) mass is 151 g/mol. The average Bonchev–Trinajstić information content (AvgIpc) is 2.27. The molecule has 2 nitrogen and oxygen atoms in total. The first-order valence-corrected chi connectivity index (χ1v) is 3.58. The van der Waals surface area contributed by atoms with Crippen LogP contribution in [0.2, 0.25) is 0 Å². The summed E-state index contributed by atoms with van der Waals surface area (Å²) in [7, 11) is 0. The molecule has 0 atom stereocenters. The summed E-state index contributed by atoms with van der Waals surface area (Å²) in [5, 5.41) is 0. The van der Waals surface area contributed by atoms with Gasteiger partial charge in [0.05, 0.1) is 4.70 Å². The van der Waals surface area contributed by atoms with Crippen molar-refractivity contribution < 1.29 is 4.42 Å². The zero-order chi connectivity index (χ0) is 6.97. The standard InChI is InChI=1S/C7H3O2S/c8-7-9-5-3-1-2-4-6(5)10-7/h2-4H. The second-order valence-corrected chi connectivity index (χ2v) is 2.80. The molecule has 0 spiro atoms. The van der Waals surface area contributed by atoms with Crippen LogP contribution in [-0.2, 0) is 0 Å². The van der Waals surface area contributed by atoms with Crippen LogP contribution in [0.25, 0.3) is 10.3 Å². The molecular weight excluding hydrogens is 148 g/mol. The molecule has 0 fully saturated rings. The normalized spacial score (nSPS) is 10.4. The minimum Gasteiger partial charge on any atom is -0.414 e. The fourth-order valence-electron chi connectivity index (χ4n) is 0.765. The lowest BCUT2D eigenvalue weighted by Gasteiger charge is -1.78. The van der Waals surface area contributed by atoms with Gasteiger partial charge in [-0.25, -0.2) is 4.79 Å². The number of fused-ring (bicyclic) bond motifs is 1. The molecule has 0 N–H and O–H groups in total. The van der Waals surface area contributed by atoms with E-state index in [4.69, 9.17) is 4.42 Å². The summed E-state index contributed by atoms with van der Waals surface area (Å²) in [5.41, 5.74) is 0.623. The Hall–Kier alpha value is -1.09. The third-order valence-electron chi connectivity index (χ3n) is 1.17. The average molecular weight is 151 g/mol. The molecule has 0 amide bonds. The molecule has 49 valence electrons. The molecule has 0 unspecified atom stereocenters. The van der Waals surface area contributed by atoms with E-state index in [1.165, 1.54) is 0 Å². The lowest BCUT2D eigenvalue weighted by atomic mass is 10.4. The second-order valence-electron chi connectivity index (χ2n) is 1.83. The minimum atomic E-state index is -0.255. The van der Waals surface area contributed by atoms with Crippen molar-refractivity contribution in [2.24, 2.45) is 0 Å². The first-order chi connectivity index (χ1) is 4.86. The third-order valence-corrected chi connectivity index (χ3v) is 1.98. The highest BCUT2D eigenvalue weighted by molar-refractivity contribution is 7.16. The summed E-state index contributed by atoms with van der Waals surface area (Å²) in [6.07, 6.45) is 0. The van der Waals surface area contributed by atoms with Crippen molar-refractivity contribution in [3.8, 4) is 0 Å². The van der Waals surface area contributed by atoms with Gasteiger partial charge in [-0.1, -0.05) is 17.4 Å². The Balaban J connectivity index is 3.01. The summed E-state index contributed by atoms with van der Waals surface area (Å²) >= 11 is 1.11. The highest BCUT2D eigenvalue weighted by Crippen LogP contribution is 2.14. The van der Waals surface area contributed by atoms with E-state index in [-0.39, 0.29) is 4.94 Å². The first-order valence-electron chi connectivity index (χ1n) is 2.76. The summed E-state index contributed by atoms with van der Waals surface area (Å²) < 4.78 is 5.68. The van der Waals surface area contributed by atoms with E-state index in [2.05, 4.69) is 6.07 Å². The van der Waals surface area contributed by atoms with Crippen molar-refractivity contribution in [3.05, 3.63) is 34.0 Å². The van der Waals surface area contributed by atoms with E-state index in [1.807, 2.05) is 6.07 Å². The molecule has 0 aliphatic heterocycles. The van der Waals surface area contributed by atoms with Gasteiger partial charge in [0.1, 0.15) is 5.58 Å². The Kier molecular flexibility index (Phi) is 1.11. The second kappa shape index (κ2) is 1.95. The lowest BCUT2D eigenvalue weighted by molar-refractivity contribution is 0.585. The highest BCUT2D eigenvalue weighted by atomic mass is 32.1. The van der Waals surface area contributed by atoms with Crippen LogP contribution < -0.4 is 4.94 Å². The number of benzene rings is 1. The zero-order valence-electron chi connectivity index (χ0n) is 4.96. The van der Waals surface area contributed by atoms with Crippen molar-refractivity contribution >= 4 is 21.6 Å². The Bertz CT molecular complexity index is 363. The first kappa shape index (κ1) is 5.68. The van der Waals surface area contributed by atoms with Gasteiger partial charge in [-0.05, 0) is 18.2 Å². The van der Waals surface area contributed by atoms with E-state index in [0.717, 1.165) is 16.0 Å². The highest BCUT2D eigenvalue weighted by Gasteiger charge is 1.97. The van der Waals surface area contributed by atoms with Crippen LogP contribution in [-0.4, -0.2) is 0 Å². The maximum absolute atomic E-state index is 10.6. The minimum absolute atomic E-state index is 0.255. The summed E-state index contributed by atoms with van der Waals surface area (Å²) in [5.74, 6) is 0. The molecule has 0 aliphatic carbocycles. The molecule has 2 aromatic rings. The summed E-state index contributed by atoms with van der Waals surface area (Å²) in [6.45, 7) is 0. The quantitative estimate of drug-likeness (QED) is 0.573. The predicted molar refractivity (Wildman–Crippen MR) is 39.2 cm³/mol. The lowest BCUT2D eigenvalue weighted by Crippen LogP contribution is -1.79. The molecular formula is C7H3O2S. The van der Waals surface area contributed by atoms with E-state index < -0.39 is 0 Å². The summed E-state index contributed by atoms with van der Waals surface area (Å²) in [4.78, 5) is 10.4. The van der Waals surface area contributed by atoms with Crippen molar-refractivity contribution in [1.82, 2.24) is 0 Å². The van der Waals surface area contributed by atoms with E-state index in [9.17, 15) is 4.79 Å². The van der Waals surface area contributed by atoms with Gasteiger partial charge in [0, 0.05) is 0 Å². The molecule has 2 rings (SSSR count). The van der Waals surface area contributed by atoms with E-state index >= 15 is 0 Å². The molecule has 1 heterocycles. The molecule has 3 heteroatoms. The van der Waals surface area contributed by atoms with Crippen molar-refractivity contribution in [2.75, 3.05) is 0 Å². The smallest absolute Gasteiger partial charge is 0.396 e.